The van der Waals surface area contributed by atoms with E-state index in [1.165, 1.54) is 114 Å². The summed E-state index contributed by atoms with van der Waals surface area (Å²) in [5.74, 6) is 1.69. The SMILES string of the molecule is CC(C)C1=[N+](C2CCCCC2)C2(c3ccc4c(c3-c3cc(C(C)(C)C)c5ccccc5[n+]32)C(C)(C)C2=C4C(C)(C)c3ccccc32)N1C1CCCCC1. The minimum atomic E-state index is -0.379. The van der Waals surface area contributed by atoms with Crippen LogP contribution in [0.3, 0.4) is 0 Å². The summed E-state index contributed by atoms with van der Waals surface area (Å²) in [5, 5.41) is 1.41. The van der Waals surface area contributed by atoms with Gasteiger partial charge in [0.15, 0.2) is 0 Å². The molecule has 3 nitrogen and oxygen atoms in total. The average molecular weight is 704 g/mol. The van der Waals surface area contributed by atoms with Gasteiger partial charge in [-0.25, -0.2) is 0 Å². The van der Waals surface area contributed by atoms with E-state index < -0.39 is 0 Å². The van der Waals surface area contributed by atoms with Crippen molar-refractivity contribution in [3.05, 3.63) is 100 Å². The summed E-state index contributed by atoms with van der Waals surface area (Å²) in [5.41, 5.74) is 16.3. The Balaban J connectivity index is 1.36. The Morgan fingerprint density at radius 3 is 2.04 bits per heavy atom. The molecular formula is C50H61N3+2. The minimum Gasteiger partial charge on any atom is -0.155 e. The number of fused-ring (bicyclic) bond motifs is 12. The molecule has 3 heterocycles. The molecule has 0 N–H and O–H groups in total. The maximum absolute atomic E-state index is 3.04. The number of allylic oxidation sites excluding steroid dienone is 2. The molecule has 1 spiro atoms. The van der Waals surface area contributed by atoms with Crippen LogP contribution in [0.2, 0.25) is 0 Å². The highest BCUT2D eigenvalue weighted by molar-refractivity contribution is 6.11. The van der Waals surface area contributed by atoms with Gasteiger partial charge in [-0.05, 0) is 108 Å². The topological polar surface area (TPSA) is 10.1 Å². The van der Waals surface area contributed by atoms with Crippen LogP contribution >= 0.6 is 0 Å². The van der Waals surface area contributed by atoms with E-state index in [4.69, 9.17) is 0 Å². The zero-order chi connectivity index (χ0) is 36.8. The molecular weight excluding hydrogens is 643 g/mol. The first kappa shape index (κ1) is 33.8. The fraction of sp³-hybridized carbons (Fsp3) is 0.520. The molecule has 10 rings (SSSR count). The maximum atomic E-state index is 3.04. The largest absolute Gasteiger partial charge is 0.479 e. The van der Waals surface area contributed by atoms with E-state index in [0.717, 1.165) is 0 Å². The molecule has 1 aromatic heterocycles. The summed E-state index contributed by atoms with van der Waals surface area (Å²) >= 11 is 0. The number of aromatic nitrogens is 1. The van der Waals surface area contributed by atoms with Crippen LogP contribution in [0.25, 0.3) is 33.3 Å². The van der Waals surface area contributed by atoms with E-state index in [2.05, 4.69) is 143 Å². The molecule has 4 aromatic rings. The van der Waals surface area contributed by atoms with Crippen LogP contribution in [0, 0.1) is 5.92 Å². The molecule has 2 fully saturated rings. The third kappa shape index (κ3) is 4.18. The van der Waals surface area contributed by atoms with Crippen molar-refractivity contribution in [3.63, 3.8) is 0 Å². The van der Waals surface area contributed by atoms with Crippen molar-refractivity contribution >= 4 is 27.9 Å². The van der Waals surface area contributed by atoms with E-state index in [1.807, 2.05) is 0 Å². The predicted molar refractivity (Wildman–Crippen MR) is 220 cm³/mol. The second-order valence-electron chi connectivity index (χ2n) is 20.0. The van der Waals surface area contributed by atoms with Crippen LogP contribution in [-0.2, 0) is 22.0 Å². The molecule has 0 radical (unpaired) electrons. The highest BCUT2D eigenvalue weighted by atomic mass is 15.6. The number of pyridine rings is 1. The summed E-state index contributed by atoms with van der Waals surface area (Å²) < 4.78 is 5.95. The van der Waals surface area contributed by atoms with Crippen molar-refractivity contribution in [2.45, 2.75) is 161 Å². The van der Waals surface area contributed by atoms with Gasteiger partial charge in [-0.15, -0.1) is 4.57 Å². The molecule has 1 unspecified atom stereocenters. The highest BCUT2D eigenvalue weighted by Gasteiger charge is 2.78. The summed E-state index contributed by atoms with van der Waals surface area (Å²) in [6.07, 6.45) is 13.2. The summed E-state index contributed by atoms with van der Waals surface area (Å²) in [4.78, 5) is 3.04. The van der Waals surface area contributed by atoms with Crippen LogP contribution in [0.1, 0.15) is 160 Å². The van der Waals surface area contributed by atoms with Crippen molar-refractivity contribution in [2.75, 3.05) is 0 Å². The second kappa shape index (κ2) is 11.2. The van der Waals surface area contributed by atoms with E-state index in [0.29, 0.717) is 18.0 Å². The number of para-hydroxylation sites is 1. The smallest absolute Gasteiger partial charge is 0.155 e. The number of nitrogens with zero attached hydrogens (tertiary/aromatic N) is 3. The molecule has 0 bridgehead atoms. The van der Waals surface area contributed by atoms with E-state index in [1.54, 1.807) is 22.5 Å². The number of benzene rings is 3. The van der Waals surface area contributed by atoms with Crippen LogP contribution < -0.4 is 4.57 Å². The van der Waals surface area contributed by atoms with Crippen LogP contribution in [0.4, 0.5) is 0 Å². The molecule has 2 aliphatic heterocycles. The second-order valence-corrected chi connectivity index (χ2v) is 20.0. The van der Waals surface area contributed by atoms with Gasteiger partial charge < -0.3 is 0 Å². The first-order chi connectivity index (χ1) is 25.3. The van der Waals surface area contributed by atoms with Crippen molar-refractivity contribution in [2.24, 2.45) is 5.92 Å². The summed E-state index contributed by atoms with van der Waals surface area (Å²) in [6.45, 7) is 22.3. The first-order valence-corrected chi connectivity index (χ1v) is 21.3. The monoisotopic (exact) mass is 703 g/mol. The van der Waals surface area contributed by atoms with Crippen LogP contribution in [0.5, 0.6) is 0 Å². The molecule has 3 aromatic carbocycles. The minimum absolute atomic E-state index is 0.000461. The normalized spacial score (nSPS) is 24.5. The number of hydrogen-bond donors (Lipinski definition) is 0. The zero-order valence-electron chi connectivity index (χ0n) is 34.0. The van der Waals surface area contributed by atoms with Gasteiger partial charge in [0.25, 0.3) is 5.84 Å². The molecule has 0 amide bonds. The highest BCUT2D eigenvalue weighted by Crippen LogP contribution is 2.66. The lowest BCUT2D eigenvalue weighted by molar-refractivity contribution is -0.957. The fourth-order valence-electron chi connectivity index (χ4n) is 12.7. The third-order valence-corrected chi connectivity index (χ3v) is 14.7. The lowest BCUT2D eigenvalue weighted by Gasteiger charge is -2.50. The first-order valence-electron chi connectivity index (χ1n) is 21.3. The molecule has 1 atom stereocenters. The average Bonchev–Trinajstić information content (AvgIpc) is 3.67. The molecule has 274 valence electrons. The van der Waals surface area contributed by atoms with Gasteiger partial charge in [0.05, 0.1) is 16.9 Å². The van der Waals surface area contributed by atoms with E-state index >= 15 is 0 Å². The lowest BCUT2D eigenvalue weighted by atomic mass is 9.72. The van der Waals surface area contributed by atoms with Gasteiger partial charge in [-0.1, -0.05) is 118 Å². The van der Waals surface area contributed by atoms with Crippen LogP contribution in [-0.4, -0.2) is 27.4 Å². The van der Waals surface area contributed by atoms with Crippen LogP contribution in [0.15, 0.2) is 66.7 Å². The van der Waals surface area contributed by atoms with Crippen molar-refractivity contribution in [1.82, 2.24) is 4.90 Å². The Hall–Kier alpha value is -3.72. The van der Waals surface area contributed by atoms with Crippen molar-refractivity contribution in [3.8, 4) is 11.3 Å². The Morgan fingerprint density at radius 1 is 0.698 bits per heavy atom. The number of hydrogen-bond acceptors (Lipinski definition) is 1. The number of rotatable bonds is 3. The summed E-state index contributed by atoms with van der Waals surface area (Å²) in [7, 11) is 0. The van der Waals surface area contributed by atoms with Gasteiger partial charge >= 0.3 is 5.79 Å². The standard InChI is InChI=1S/C50H61N3/c1-31(2)46-51(32-20-12-10-13-21-32)50(52(46)33-22-14-11-15-23-33)38-29-28-36-43(49(8,9)44-35-25-16-18-26-37(35)48(6,7)45(36)44)42(38)41-30-39(47(3,4)5)34-24-17-19-27-40(34)53(41)50/h16-19,24-33H,10-15,20-23H2,1-9H3/q+2. The Kier molecular flexibility index (Phi) is 7.13. The molecule has 2 saturated carbocycles. The molecule has 3 heteroatoms. The molecule has 0 saturated heterocycles. The molecule has 6 aliphatic rings. The quantitative estimate of drug-likeness (QED) is 0.193. The Labute approximate surface area is 318 Å². The maximum Gasteiger partial charge on any atom is 0.479 e. The van der Waals surface area contributed by atoms with Gasteiger partial charge in [-0.2, -0.15) is 9.48 Å². The summed E-state index contributed by atoms with van der Waals surface area (Å²) in [6, 6.07) is 27.8. The molecule has 53 heavy (non-hydrogen) atoms. The zero-order valence-corrected chi connectivity index (χ0v) is 34.0. The van der Waals surface area contributed by atoms with Gasteiger partial charge in [0.1, 0.15) is 17.6 Å². The fourth-order valence-corrected chi connectivity index (χ4v) is 12.7. The van der Waals surface area contributed by atoms with Crippen molar-refractivity contribution in [1.29, 1.82) is 0 Å². The van der Waals surface area contributed by atoms with Crippen molar-refractivity contribution < 1.29 is 9.14 Å². The Bertz CT molecular complexity index is 2280. The molecule has 4 aliphatic carbocycles. The van der Waals surface area contributed by atoms with E-state index in [-0.39, 0.29) is 22.0 Å². The van der Waals surface area contributed by atoms with Gasteiger partial charge in [-0.3, -0.25) is 0 Å². The Morgan fingerprint density at radius 2 is 1.34 bits per heavy atom. The van der Waals surface area contributed by atoms with E-state index in [9.17, 15) is 0 Å². The number of amidine groups is 1. The third-order valence-electron chi connectivity index (χ3n) is 14.7. The van der Waals surface area contributed by atoms with Gasteiger partial charge in [0, 0.05) is 23.0 Å². The lowest BCUT2D eigenvalue weighted by Crippen LogP contribution is -2.84. The van der Waals surface area contributed by atoms with Gasteiger partial charge in [0.2, 0.25) is 11.2 Å². The predicted octanol–water partition coefficient (Wildman–Crippen LogP) is 11.6.